The molecule has 1 aromatic rings. The summed E-state index contributed by atoms with van der Waals surface area (Å²) in [6.07, 6.45) is 7.24. The highest BCUT2D eigenvalue weighted by Gasteiger charge is 2.15. The number of ether oxygens (including phenoxy) is 2. The summed E-state index contributed by atoms with van der Waals surface area (Å²) in [4.78, 5) is 24.0. The number of benzene rings is 1. The fourth-order valence-electron chi connectivity index (χ4n) is 2.63. The van der Waals surface area contributed by atoms with E-state index in [-0.39, 0.29) is 29.5 Å². The van der Waals surface area contributed by atoms with Crippen LogP contribution in [0.5, 0.6) is 11.5 Å². The molecule has 0 saturated carbocycles. The summed E-state index contributed by atoms with van der Waals surface area (Å²) >= 11 is 0. The van der Waals surface area contributed by atoms with Crippen molar-refractivity contribution < 1.29 is 27.8 Å². The minimum atomic E-state index is -2.99. The average molecular weight is 368 g/mol. The van der Waals surface area contributed by atoms with Crippen molar-refractivity contribution in [3.63, 3.8) is 0 Å². The minimum absolute atomic E-state index is 0.00718. The molecule has 1 atom stereocenters. The van der Waals surface area contributed by atoms with E-state index in [4.69, 9.17) is 4.74 Å². The Hall–Kier alpha value is -2.64. The molecule has 0 spiro atoms. The maximum Gasteiger partial charge on any atom is 0.387 e. The van der Waals surface area contributed by atoms with Crippen molar-refractivity contribution in [1.82, 2.24) is 10.6 Å². The summed E-state index contributed by atoms with van der Waals surface area (Å²) in [6.45, 7) is -2.59. The van der Waals surface area contributed by atoms with Gasteiger partial charge >= 0.3 is 6.61 Å². The number of hydrogen-bond donors (Lipinski definition) is 2. The normalized spacial score (nSPS) is 16.2. The number of amides is 2. The van der Waals surface area contributed by atoms with Crippen molar-refractivity contribution in [2.45, 2.75) is 25.9 Å². The third-order valence-corrected chi connectivity index (χ3v) is 4.02. The molecule has 0 fully saturated rings. The molecule has 1 aliphatic carbocycles. The summed E-state index contributed by atoms with van der Waals surface area (Å²) in [5, 5.41) is 5.29. The molecule has 2 N–H and O–H groups in total. The van der Waals surface area contributed by atoms with Gasteiger partial charge in [0.15, 0.2) is 11.5 Å². The highest BCUT2D eigenvalue weighted by molar-refractivity contribution is 5.97. The quantitative estimate of drug-likeness (QED) is 0.692. The first-order chi connectivity index (χ1) is 12.5. The van der Waals surface area contributed by atoms with Crippen molar-refractivity contribution >= 4 is 11.8 Å². The lowest BCUT2D eigenvalue weighted by Gasteiger charge is -2.18. The number of nitrogens with one attached hydrogen (secondary N) is 2. The van der Waals surface area contributed by atoms with Gasteiger partial charge in [0.2, 0.25) is 5.91 Å². The summed E-state index contributed by atoms with van der Waals surface area (Å²) in [7, 11) is 1.28. The molecule has 6 nitrogen and oxygen atoms in total. The molecule has 0 radical (unpaired) electrons. The maximum atomic E-state index is 12.3. The van der Waals surface area contributed by atoms with E-state index in [0.29, 0.717) is 12.5 Å². The molecule has 0 aromatic heterocycles. The number of halogens is 2. The van der Waals surface area contributed by atoms with E-state index in [9.17, 15) is 18.4 Å². The Morgan fingerprint density at radius 1 is 1.23 bits per heavy atom. The lowest BCUT2D eigenvalue weighted by Crippen LogP contribution is -2.39. The summed E-state index contributed by atoms with van der Waals surface area (Å²) in [6, 6.07) is 3.82. The van der Waals surface area contributed by atoms with Gasteiger partial charge in [0.1, 0.15) is 0 Å². The van der Waals surface area contributed by atoms with Crippen molar-refractivity contribution in [2.24, 2.45) is 5.92 Å². The number of methoxy groups -OCH3 is 1. The van der Waals surface area contributed by atoms with E-state index in [1.165, 1.54) is 25.3 Å². The monoisotopic (exact) mass is 368 g/mol. The number of alkyl halides is 2. The van der Waals surface area contributed by atoms with Gasteiger partial charge < -0.3 is 20.1 Å². The molecule has 0 aliphatic heterocycles. The van der Waals surface area contributed by atoms with E-state index >= 15 is 0 Å². The first-order valence-corrected chi connectivity index (χ1v) is 8.32. The van der Waals surface area contributed by atoms with Crippen LogP contribution >= 0.6 is 0 Å². The lowest BCUT2D eigenvalue weighted by molar-refractivity contribution is -0.120. The maximum absolute atomic E-state index is 12.3. The van der Waals surface area contributed by atoms with Crippen LogP contribution in [0.1, 0.15) is 29.6 Å². The highest BCUT2D eigenvalue weighted by atomic mass is 19.3. The zero-order valence-electron chi connectivity index (χ0n) is 14.5. The second kappa shape index (κ2) is 9.74. The van der Waals surface area contributed by atoms with Crippen LogP contribution in [0.3, 0.4) is 0 Å². The zero-order chi connectivity index (χ0) is 18.9. The lowest BCUT2D eigenvalue weighted by atomic mass is 9.94. The highest BCUT2D eigenvalue weighted by Crippen LogP contribution is 2.29. The Morgan fingerprint density at radius 2 is 2.04 bits per heavy atom. The number of rotatable bonds is 8. The molecule has 2 amide bonds. The van der Waals surface area contributed by atoms with Crippen LogP contribution in [-0.2, 0) is 4.79 Å². The molecule has 1 unspecified atom stereocenters. The number of carbonyl (C=O) groups excluding carboxylic acids is 2. The summed E-state index contributed by atoms with van der Waals surface area (Å²) in [5.74, 6) is -0.530. The molecule has 0 bridgehead atoms. The Morgan fingerprint density at radius 3 is 2.69 bits per heavy atom. The van der Waals surface area contributed by atoms with Gasteiger partial charge in [0.25, 0.3) is 5.91 Å². The van der Waals surface area contributed by atoms with E-state index in [0.717, 1.165) is 19.3 Å². The van der Waals surface area contributed by atoms with E-state index < -0.39 is 12.5 Å². The predicted octanol–water partition coefficient (Wildman–Crippen LogP) is 2.50. The molecule has 1 aliphatic rings. The third kappa shape index (κ3) is 6.02. The summed E-state index contributed by atoms with van der Waals surface area (Å²) in [5.41, 5.74) is 0.175. The van der Waals surface area contributed by atoms with Gasteiger partial charge in [-0.05, 0) is 43.4 Å². The molecule has 2 rings (SSSR count). The Balaban J connectivity index is 1.83. The Bertz CT molecular complexity index is 665. The van der Waals surface area contributed by atoms with Crippen LogP contribution in [-0.4, -0.2) is 38.6 Å². The van der Waals surface area contributed by atoms with Gasteiger partial charge in [-0.25, -0.2) is 0 Å². The molecule has 26 heavy (non-hydrogen) atoms. The van der Waals surface area contributed by atoms with E-state index in [1.807, 2.05) is 0 Å². The second-order valence-electron chi connectivity index (χ2n) is 5.88. The van der Waals surface area contributed by atoms with Crippen LogP contribution in [0.4, 0.5) is 8.78 Å². The minimum Gasteiger partial charge on any atom is -0.493 e. The molecule has 0 saturated heterocycles. The summed E-state index contributed by atoms with van der Waals surface area (Å²) < 4.78 is 33.9. The van der Waals surface area contributed by atoms with Gasteiger partial charge in [-0.15, -0.1) is 0 Å². The second-order valence-corrected chi connectivity index (χ2v) is 5.88. The standard InChI is InChI=1S/C18H22F2N2O4/c1-25-15-9-13(7-8-14(15)26-18(19)20)17(24)22-11-16(23)21-10-12-5-3-2-4-6-12/h2-3,7-9,12,18H,4-6,10-11H2,1H3,(H,21,23)(H,22,24). The van der Waals surface area contributed by atoms with Gasteiger partial charge in [0.05, 0.1) is 13.7 Å². The predicted molar refractivity (Wildman–Crippen MR) is 91.4 cm³/mol. The smallest absolute Gasteiger partial charge is 0.387 e. The Kier molecular flexibility index (Phi) is 7.37. The van der Waals surface area contributed by atoms with Crippen LogP contribution in [0, 0.1) is 5.92 Å². The van der Waals surface area contributed by atoms with Crippen LogP contribution in [0.25, 0.3) is 0 Å². The van der Waals surface area contributed by atoms with Crippen LogP contribution in [0.15, 0.2) is 30.4 Å². The molecule has 142 valence electrons. The van der Waals surface area contributed by atoms with E-state index in [1.54, 1.807) is 0 Å². The van der Waals surface area contributed by atoms with Crippen molar-refractivity contribution in [3.05, 3.63) is 35.9 Å². The largest absolute Gasteiger partial charge is 0.493 e. The van der Waals surface area contributed by atoms with Gasteiger partial charge in [0, 0.05) is 12.1 Å². The van der Waals surface area contributed by atoms with Crippen LogP contribution < -0.4 is 20.1 Å². The molecule has 0 heterocycles. The van der Waals surface area contributed by atoms with Crippen molar-refractivity contribution in [2.75, 3.05) is 20.2 Å². The van der Waals surface area contributed by atoms with Gasteiger partial charge in [-0.3, -0.25) is 9.59 Å². The van der Waals surface area contributed by atoms with Crippen LogP contribution in [0.2, 0.25) is 0 Å². The number of allylic oxidation sites excluding steroid dienone is 2. The zero-order valence-corrected chi connectivity index (χ0v) is 14.5. The SMILES string of the molecule is COc1cc(C(=O)NCC(=O)NCC2CC=CCC2)ccc1OC(F)F. The number of carbonyl (C=O) groups is 2. The van der Waals surface area contributed by atoms with Gasteiger partial charge in [-0.2, -0.15) is 8.78 Å². The average Bonchev–Trinajstić information content (AvgIpc) is 2.65. The molecular weight excluding hydrogens is 346 g/mol. The molecule has 1 aromatic carbocycles. The number of hydrogen-bond acceptors (Lipinski definition) is 4. The van der Waals surface area contributed by atoms with Crippen molar-refractivity contribution in [1.29, 1.82) is 0 Å². The topological polar surface area (TPSA) is 76.7 Å². The van der Waals surface area contributed by atoms with Crippen molar-refractivity contribution in [3.8, 4) is 11.5 Å². The first-order valence-electron chi connectivity index (χ1n) is 8.32. The fraction of sp³-hybridized carbons (Fsp3) is 0.444. The third-order valence-electron chi connectivity index (χ3n) is 4.02. The first kappa shape index (κ1) is 19.7. The molecular formula is C18H22F2N2O4. The Labute approximate surface area is 150 Å². The van der Waals surface area contributed by atoms with Gasteiger partial charge in [-0.1, -0.05) is 12.2 Å². The fourth-order valence-corrected chi connectivity index (χ4v) is 2.63. The van der Waals surface area contributed by atoms with E-state index in [2.05, 4.69) is 27.5 Å². The molecule has 8 heteroatoms.